The van der Waals surface area contributed by atoms with Crippen molar-refractivity contribution in [1.82, 2.24) is 0 Å². The highest BCUT2D eigenvalue weighted by atomic mass is 16.5. The average Bonchev–Trinajstić information content (AvgIpc) is 2.26. The zero-order chi connectivity index (χ0) is 10.6. The summed E-state index contributed by atoms with van der Waals surface area (Å²) in [6, 6.07) is 7.12. The number of hydrogen-bond donors (Lipinski definition) is 1. The summed E-state index contributed by atoms with van der Waals surface area (Å²) in [7, 11) is 2.92. The van der Waals surface area contributed by atoms with Crippen LogP contribution in [0.3, 0.4) is 0 Å². The molecule has 4 heteroatoms. The first-order chi connectivity index (χ1) is 6.70. The summed E-state index contributed by atoms with van der Waals surface area (Å²) >= 11 is 0. The zero-order valence-corrected chi connectivity index (χ0v) is 8.23. The minimum Gasteiger partial charge on any atom is -0.452 e. The van der Waals surface area contributed by atoms with Crippen LogP contribution in [0, 0.1) is 0 Å². The highest BCUT2D eigenvalue weighted by Crippen LogP contribution is 2.19. The Morgan fingerprint density at radius 2 is 2.14 bits per heavy atom. The lowest BCUT2D eigenvalue weighted by molar-refractivity contribution is 0.180. The van der Waals surface area contributed by atoms with Gasteiger partial charge in [-0.1, -0.05) is 18.2 Å². The maximum atomic E-state index is 11.2. The van der Waals surface area contributed by atoms with E-state index in [1.807, 2.05) is 0 Å². The Morgan fingerprint density at radius 1 is 1.50 bits per heavy atom. The quantitative estimate of drug-likeness (QED) is 0.775. The third-order valence-electron chi connectivity index (χ3n) is 1.97. The largest absolute Gasteiger partial charge is 0.452 e. The van der Waals surface area contributed by atoms with Gasteiger partial charge in [0.1, 0.15) is 0 Å². The molecule has 0 bridgehead atoms. The SMILES string of the molecule is COC(=O)N(C)c1ccccc1CO. The summed E-state index contributed by atoms with van der Waals surface area (Å²) in [5, 5.41) is 9.04. The molecule has 0 aliphatic rings. The minimum atomic E-state index is -0.453. The van der Waals surface area contributed by atoms with Gasteiger partial charge >= 0.3 is 6.09 Å². The molecular formula is C10H13NO3. The number of carbonyl (C=O) groups excluding carboxylic acids is 1. The third kappa shape index (κ3) is 2.03. The fraction of sp³-hybridized carbons (Fsp3) is 0.300. The maximum Gasteiger partial charge on any atom is 0.413 e. The van der Waals surface area contributed by atoms with Gasteiger partial charge in [0.15, 0.2) is 0 Å². The number of methoxy groups -OCH3 is 1. The molecule has 0 unspecified atom stereocenters. The number of ether oxygens (including phenoxy) is 1. The summed E-state index contributed by atoms with van der Waals surface area (Å²) in [5.41, 5.74) is 1.35. The molecule has 1 amide bonds. The number of amides is 1. The average molecular weight is 195 g/mol. The van der Waals surface area contributed by atoms with Gasteiger partial charge in [-0.3, -0.25) is 4.90 Å². The molecule has 1 aromatic rings. The second-order valence-corrected chi connectivity index (χ2v) is 2.82. The lowest BCUT2D eigenvalue weighted by atomic mass is 10.2. The Kier molecular flexibility index (Phi) is 3.48. The van der Waals surface area contributed by atoms with E-state index in [4.69, 9.17) is 5.11 Å². The molecule has 4 nitrogen and oxygen atoms in total. The first kappa shape index (κ1) is 10.5. The molecule has 0 saturated carbocycles. The predicted molar refractivity (Wildman–Crippen MR) is 53.2 cm³/mol. The molecule has 0 aliphatic carbocycles. The summed E-state index contributed by atoms with van der Waals surface area (Å²) in [5.74, 6) is 0. The van der Waals surface area contributed by atoms with E-state index in [2.05, 4.69) is 4.74 Å². The molecule has 0 heterocycles. The number of para-hydroxylation sites is 1. The van der Waals surface area contributed by atoms with Crippen LogP contribution >= 0.6 is 0 Å². The number of aliphatic hydroxyl groups is 1. The first-order valence-corrected chi connectivity index (χ1v) is 4.21. The Bertz CT molecular complexity index is 325. The second kappa shape index (κ2) is 4.62. The molecule has 0 aromatic heterocycles. The van der Waals surface area contributed by atoms with Gasteiger partial charge in [0.05, 0.1) is 19.4 Å². The Hall–Kier alpha value is -1.55. The number of aliphatic hydroxyl groups excluding tert-OH is 1. The highest BCUT2D eigenvalue weighted by molar-refractivity contribution is 5.87. The molecular weight excluding hydrogens is 182 g/mol. The van der Waals surface area contributed by atoms with Crippen molar-refractivity contribution in [3.8, 4) is 0 Å². The molecule has 0 spiro atoms. The van der Waals surface area contributed by atoms with Crippen molar-refractivity contribution < 1.29 is 14.6 Å². The minimum absolute atomic E-state index is 0.0997. The smallest absolute Gasteiger partial charge is 0.413 e. The van der Waals surface area contributed by atoms with E-state index in [9.17, 15) is 4.79 Å². The van der Waals surface area contributed by atoms with Crippen LogP contribution in [0.4, 0.5) is 10.5 Å². The molecule has 0 fully saturated rings. The number of benzene rings is 1. The van der Waals surface area contributed by atoms with Crippen LogP contribution in [-0.4, -0.2) is 25.4 Å². The van der Waals surface area contributed by atoms with Gasteiger partial charge in [-0.25, -0.2) is 4.79 Å². The van der Waals surface area contributed by atoms with Crippen LogP contribution in [0.15, 0.2) is 24.3 Å². The highest BCUT2D eigenvalue weighted by Gasteiger charge is 2.13. The number of anilines is 1. The summed E-state index contributed by atoms with van der Waals surface area (Å²) in [6.07, 6.45) is -0.453. The molecule has 76 valence electrons. The van der Waals surface area contributed by atoms with Crippen LogP contribution in [0.2, 0.25) is 0 Å². The van der Waals surface area contributed by atoms with E-state index in [0.717, 1.165) is 0 Å². The van der Waals surface area contributed by atoms with Crippen LogP contribution in [0.25, 0.3) is 0 Å². The van der Waals surface area contributed by atoms with Crippen molar-refractivity contribution in [3.63, 3.8) is 0 Å². The van der Waals surface area contributed by atoms with Crippen LogP contribution < -0.4 is 4.90 Å². The number of nitrogens with zero attached hydrogens (tertiary/aromatic N) is 1. The van der Waals surface area contributed by atoms with Crippen molar-refractivity contribution in [2.24, 2.45) is 0 Å². The van der Waals surface area contributed by atoms with Crippen LogP contribution in [-0.2, 0) is 11.3 Å². The summed E-state index contributed by atoms with van der Waals surface area (Å²) < 4.78 is 4.57. The molecule has 0 aliphatic heterocycles. The normalized spacial score (nSPS) is 9.64. The van der Waals surface area contributed by atoms with Crippen molar-refractivity contribution in [2.75, 3.05) is 19.1 Å². The van der Waals surface area contributed by atoms with E-state index >= 15 is 0 Å². The fourth-order valence-corrected chi connectivity index (χ4v) is 1.21. The monoisotopic (exact) mass is 195 g/mol. The van der Waals surface area contributed by atoms with Gasteiger partial charge < -0.3 is 9.84 Å². The van der Waals surface area contributed by atoms with Crippen LogP contribution in [0.5, 0.6) is 0 Å². The lowest BCUT2D eigenvalue weighted by Crippen LogP contribution is -2.26. The topological polar surface area (TPSA) is 49.8 Å². The van der Waals surface area contributed by atoms with Gasteiger partial charge in [-0.05, 0) is 6.07 Å². The first-order valence-electron chi connectivity index (χ1n) is 4.21. The van der Waals surface area contributed by atoms with Gasteiger partial charge in [-0.2, -0.15) is 0 Å². The van der Waals surface area contributed by atoms with E-state index in [1.165, 1.54) is 12.0 Å². The van der Waals surface area contributed by atoms with Crippen molar-refractivity contribution >= 4 is 11.8 Å². The Labute approximate surface area is 82.7 Å². The maximum absolute atomic E-state index is 11.2. The van der Waals surface area contributed by atoms with Crippen molar-refractivity contribution in [1.29, 1.82) is 0 Å². The predicted octanol–water partition coefficient (Wildman–Crippen LogP) is 1.38. The lowest BCUT2D eigenvalue weighted by Gasteiger charge is -2.18. The molecule has 1 N–H and O–H groups in total. The Balaban J connectivity index is 2.99. The van der Waals surface area contributed by atoms with E-state index < -0.39 is 6.09 Å². The van der Waals surface area contributed by atoms with Gasteiger partial charge in [0.2, 0.25) is 0 Å². The van der Waals surface area contributed by atoms with Crippen molar-refractivity contribution in [3.05, 3.63) is 29.8 Å². The van der Waals surface area contributed by atoms with E-state index in [-0.39, 0.29) is 6.61 Å². The molecule has 14 heavy (non-hydrogen) atoms. The number of rotatable bonds is 2. The van der Waals surface area contributed by atoms with Gasteiger partial charge in [-0.15, -0.1) is 0 Å². The Morgan fingerprint density at radius 3 is 2.71 bits per heavy atom. The molecule has 0 radical (unpaired) electrons. The van der Waals surface area contributed by atoms with Gasteiger partial charge in [0.25, 0.3) is 0 Å². The summed E-state index contributed by atoms with van der Waals surface area (Å²) in [4.78, 5) is 12.6. The van der Waals surface area contributed by atoms with Crippen LogP contribution in [0.1, 0.15) is 5.56 Å². The molecule has 1 rings (SSSR count). The third-order valence-corrected chi connectivity index (χ3v) is 1.97. The second-order valence-electron chi connectivity index (χ2n) is 2.82. The van der Waals surface area contributed by atoms with E-state index in [0.29, 0.717) is 11.3 Å². The fourth-order valence-electron chi connectivity index (χ4n) is 1.21. The number of carbonyl (C=O) groups is 1. The zero-order valence-electron chi connectivity index (χ0n) is 8.23. The number of hydrogen-bond acceptors (Lipinski definition) is 3. The standard InChI is InChI=1S/C10H13NO3/c1-11(10(13)14-2)9-6-4-3-5-8(9)7-12/h3-6,12H,7H2,1-2H3. The van der Waals surface area contributed by atoms with Crippen molar-refractivity contribution in [2.45, 2.75) is 6.61 Å². The van der Waals surface area contributed by atoms with E-state index in [1.54, 1.807) is 31.3 Å². The van der Waals surface area contributed by atoms with Gasteiger partial charge in [0, 0.05) is 12.6 Å². The molecule has 0 saturated heterocycles. The molecule has 1 aromatic carbocycles. The molecule has 0 atom stereocenters. The summed E-state index contributed by atoms with van der Waals surface area (Å²) in [6.45, 7) is -0.0997.